The maximum absolute atomic E-state index is 11.7. The van der Waals surface area contributed by atoms with Gasteiger partial charge in [-0.25, -0.2) is 4.79 Å². The van der Waals surface area contributed by atoms with E-state index in [9.17, 15) is 14.4 Å². The molecule has 0 bridgehead atoms. The van der Waals surface area contributed by atoms with Crippen molar-refractivity contribution < 1.29 is 29.0 Å². The molecular formula is C16H18O6. The van der Waals surface area contributed by atoms with Crippen LogP contribution in [0.2, 0.25) is 0 Å². The summed E-state index contributed by atoms with van der Waals surface area (Å²) in [5.74, 6) is -0.838. The Morgan fingerprint density at radius 3 is 2.55 bits per heavy atom. The number of unbranched alkanes of at least 4 members (excludes halogenated alkanes) is 1. The van der Waals surface area contributed by atoms with Crippen LogP contribution in [-0.2, 0) is 9.59 Å². The molecule has 1 N–H and O–H groups in total. The lowest BCUT2D eigenvalue weighted by atomic mass is 10.1. The van der Waals surface area contributed by atoms with Crippen LogP contribution >= 0.6 is 0 Å². The van der Waals surface area contributed by atoms with Crippen molar-refractivity contribution in [2.45, 2.75) is 25.7 Å². The Kier molecular flexibility index (Phi) is 6.82. The first-order valence-corrected chi connectivity index (χ1v) is 6.73. The molecule has 0 unspecified atom stereocenters. The molecule has 0 aliphatic rings. The molecule has 6 nitrogen and oxygen atoms in total. The van der Waals surface area contributed by atoms with Crippen molar-refractivity contribution in [2.75, 3.05) is 7.11 Å². The molecule has 118 valence electrons. The SMILES string of the molecule is C=C(CCCCC(=O)Oc1ccc(OC)cc1C=O)C(=O)O. The molecule has 1 aromatic rings. The number of carbonyl (C=O) groups excluding carboxylic acids is 2. The van der Waals surface area contributed by atoms with Gasteiger partial charge in [0, 0.05) is 12.0 Å². The Hall–Kier alpha value is -2.63. The molecule has 0 aliphatic heterocycles. The first kappa shape index (κ1) is 17.4. The van der Waals surface area contributed by atoms with Gasteiger partial charge in [-0.3, -0.25) is 9.59 Å². The number of rotatable bonds is 9. The van der Waals surface area contributed by atoms with E-state index in [1.165, 1.54) is 19.2 Å². The van der Waals surface area contributed by atoms with Crippen molar-refractivity contribution in [1.82, 2.24) is 0 Å². The summed E-state index contributed by atoms with van der Waals surface area (Å²) in [6.07, 6.45) is 2.06. The van der Waals surface area contributed by atoms with Crippen LogP contribution in [0.25, 0.3) is 0 Å². The molecule has 0 amide bonds. The van der Waals surface area contributed by atoms with E-state index in [4.69, 9.17) is 14.6 Å². The van der Waals surface area contributed by atoms with E-state index in [-0.39, 0.29) is 23.3 Å². The van der Waals surface area contributed by atoms with E-state index < -0.39 is 11.9 Å². The van der Waals surface area contributed by atoms with Crippen LogP contribution in [0.5, 0.6) is 11.5 Å². The number of hydrogen-bond acceptors (Lipinski definition) is 5. The minimum Gasteiger partial charge on any atom is -0.497 e. The number of hydrogen-bond donors (Lipinski definition) is 1. The summed E-state index contributed by atoms with van der Waals surface area (Å²) in [4.78, 5) is 33.2. The molecule has 0 spiro atoms. The van der Waals surface area contributed by atoms with Crippen molar-refractivity contribution in [2.24, 2.45) is 0 Å². The summed E-state index contributed by atoms with van der Waals surface area (Å²) in [5, 5.41) is 8.65. The van der Waals surface area contributed by atoms with Crippen LogP contribution < -0.4 is 9.47 Å². The Labute approximate surface area is 128 Å². The van der Waals surface area contributed by atoms with Gasteiger partial charge in [0.25, 0.3) is 0 Å². The topological polar surface area (TPSA) is 89.9 Å². The van der Waals surface area contributed by atoms with Crippen molar-refractivity contribution in [3.05, 3.63) is 35.9 Å². The van der Waals surface area contributed by atoms with Crippen molar-refractivity contribution in [3.8, 4) is 11.5 Å². The Morgan fingerprint density at radius 2 is 1.95 bits per heavy atom. The first-order valence-electron chi connectivity index (χ1n) is 6.73. The number of aldehydes is 1. The van der Waals surface area contributed by atoms with Crippen LogP contribution in [-0.4, -0.2) is 30.4 Å². The normalized spacial score (nSPS) is 9.86. The van der Waals surface area contributed by atoms with Gasteiger partial charge in [0.1, 0.15) is 11.5 Å². The fraction of sp³-hybridized carbons (Fsp3) is 0.312. The van der Waals surface area contributed by atoms with Crippen LogP contribution in [0.4, 0.5) is 0 Å². The number of carboxylic acids is 1. The van der Waals surface area contributed by atoms with E-state index >= 15 is 0 Å². The lowest BCUT2D eigenvalue weighted by Crippen LogP contribution is -2.09. The third-order valence-electron chi connectivity index (χ3n) is 2.98. The lowest BCUT2D eigenvalue weighted by Gasteiger charge is -2.08. The summed E-state index contributed by atoms with van der Waals surface area (Å²) in [7, 11) is 1.47. The number of carbonyl (C=O) groups is 3. The van der Waals surface area contributed by atoms with E-state index in [1.54, 1.807) is 6.07 Å². The molecule has 22 heavy (non-hydrogen) atoms. The van der Waals surface area contributed by atoms with Gasteiger partial charge in [0.05, 0.1) is 12.7 Å². The van der Waals surface area contributed by atoms with Gasteiger partial charge in [-0.15, -0.1) is 0 Å². The van der Waals surface area contributed by atoms with Crippen molar-refractivity contribution >= 4 is 18.2 Å². The number of aliphatic carboxylic acids is 1. The fourth-order valence-electron chi connectivity index (χ4n) is 1.73. The first-order chi connectivity index (χ1) is 10.5. The largest absolute Gasteiger partial charge is 0.497 e. The molecular weight excluding hydrogens is 288 g/mol. The van der Waals surface area contributed by atoms with E-state index in [1.807, 2.05) is 0 Å². The summed E-state index contributed by atoms with van der Waals surface area (Å²) >= 11 is 0. The Balaban J connectivity index is 2.47. The number of ether oxygens (including phenoxy) is 2. The van der Waals surface area contributed by atoms with Gasteiger partial charge in [0.2, 0.25) is 0 Å². The number of esters is 1. The maximum atomic E-state index is 11.7. The summed E-state index contributed by atoms with van der Waals surface area (Å²) < 4.78 is 10.1. The molecule has 1 rings (SSSR count). The molecule has 0 aromatic heterocycles. The zero-order valence-corrected chi connectivity index (χ0v) is 12.3. The third kappa shape index (κ3) is 5.40. The minimum absolute atomic E-state index is 0.117. The molecule has 0 atom stereocenters. The smallest absolute Gasteiger partial charge is 0.330 e. The molecule has 1 aromatic carbocycles. The number of methoxy groups -OCH3 is 1. The van der Waals surface area contributed by atoms with Crippen LogP contribution in [0.1, 0.15) is 36.0 Å². The molecule has 0 fully saturated rings. The Morgan fingerprint density at radius 1 is 1.27 bits per heavy atom. The van der Waals surface area contributed by atoms with Gasteiger partial charge >= 0.3 is 11.9 Å². The van der Waals surface area contributed by atoms with Crippen LogP contribution in [0, 0.1) is 0 Å². The van der Waals surface area contributed by atoms with E-state index in [0.717, 1.165) is 0 Å². The highest BCUT2D eigenvalue weighted by Crippen LogP contribution is 2.23. The minimum atomic E-state index is -1.03. The zero-order chi connectivity index (χ0) is 16.5. The highest BCUT2D eigenvalue weighted by atomic mass is 16.5. The lowest BCUT2D eigenvalue weighted by molar-refractivity contribution is -0.134. The van der Waals surface area contributed by atoms with Crippen molar-refractivity contribution in [3.63, 3.8) is 0 Å². The predicted molar refractivity (Wildman–Crippen MR) is 79.3 cm³/mol. The number of carboxylic acid groups (broad SMARTS) is 1. The zero-order valence-electron chi connectivity index (χ0n) is 12.3. The average molecular weight is 306 g/mol. The summed E-state index contributed by atoms with van der Waals surface area (Å²) in [5.41, 5.74) is 0.346. The van der Waals surface area contributed by atoms with Gasteiger partial charge in [-0.2, -0.15) is 0 Å². The molecule has 6 heteroatoms. The molecule has 0 saturated heterocycles. The van der Waals surface area contributed by atoms with Gasteiger partial charge in [-0.1, -0.05) is 6.58 Å². The standard InChI is InChI=1S/C16H18O6/c1-11(16(19)20)5-3-4-6-15(18)22-14-8-7-13(21-2)9-12(14)10-17/h7-10H,1,3-6H2,2H3,(H,19,20). The quantitative estimate of drug-likeness (QED) is 0.248. The van der Waals surface area contributed by atoms with Crippen molar-refractivity contribution in [1.29, 1.82) is 0 Å². The summed E-state index contributed by atoms with van der Waals surface area (Å²) in [6, 6.07) is 4.56. The van der Waals surface area contributed by atoms with Crippen LogP contribution in [0.15, 0.2) is 30.4 Å². The summed E-state index contributed by atoms with van der Waals surface area (Å²) in [6.45, 7) is 3.41. The Bertz CT molecular complexity index is 576. The molecule has 0 heterocycles. The highest BCUT2D eigenvalue weighted by molar-refractivity contribution is 5.85. The second-order valence-corrected chi connectivity index (χ2v) is 4.61. The van der Waals surface area contributed by atoms with Crippen LogP contribution in [0.3, 0.4) is 0 Å². The molecule has 0 saturated carbocycles. The highest BCUT2D eigenvalue weighted by Gasteiger charge is 2.11. The second-order valence-electron chi connectivity index (χ2n) is 4.61. The number of benzene rings is 1. The van der Waals surface area contributed by atoms with Gasteiger partial charge in [-0.05, 0) is 37.5 Å². The monoisotopic (exact) mass is 306 g/mol. The third-order valence-corrected chi connectivity index (χ3v) is 2.98. The van der Waals surface area contributed by atoms with E-state index in [0.29, 0.717) is 31.3 Å². The molecule has 0 radical (unpaired) electrons. The van der Waals surface area contributed by atoms with E-state index in [2.05, 4.69) is 6.58 Å². The maximum Gasteiger partial charge on any atom is 0.330 e. The van der Waals surface area contributed by atoms with Gasteiger partial charge < -0.3 is 14.6 Å². The predicted octanol–water partition coefficient (Wildman–Crippen LogP) is 2.61. The average Bonchev–Trinajstić information content (AvgIpc) is 2.51. The molecule has 0 aliphatic carbocycles. The van der Waals surface area contributed by atoms with Gasteiger partial charge in [0.15, 0.2) is 6.29 Å². The second kappa shape index (κ2) is 8.61. The fourth-order valence-corrected chi connectivity index (χ4v) is 1.73.